The van der Waals surface area contributed by atoms with Crippen molar-refractivity contribution in [2.45, 2.75) is 6.04 Å². The predicted octanol–water partition coefficient (Wildman–Crippen LogP) is 3.99. The molecule has 152 valence electrons. The van der Waals surface area contributed by atoms with Gasteiger partial charge in [0, 0.05) is 16.3 Å². The highest BCUT2D eigenvalue weighted by Gasteiger charge is 2.25. The van der Waals surface area contributed by atoms with Crippen molar-refractivity contribution in [1.82, 2.24) is 5.32 Å². The Labute approximate surface area is 178 Å². The van der Waals surface area contributed by atoms with Crippen LogP contribution in [0.3, 0.4) is 0 Å². The van der Waals surface area contributed by atoms with E-state index in [2.05, 4.69) is 10.6 Å². The lowest BCUT2D eigenvalue weighted by Crippen LogP contribution is -2.36. The molecule has 3 rings (SSSR count). The van der Waals surface area contributed by atoms with E-state index in [1.165, 1.54) is 0 Å². The van der Waals surface area contributed by atoms with Crippen LogP contribution in [0.5, 0.6) is 0 Å². The van der Waals surface area contributed by atoms with Crippen LogP contribution in [0.1, 0.15) is 22.0 Å². The van der Waals surface area contributed by atoms with Gasteiger partial charge < -0.3 is 15.4 Å². The molecular formula is C23H19ClN2O4. The Kier molecular flexibility index (Phi) is 7.19. The lowest BCUT2D eigenvalue weighted by atomic mass is 10.1. The number of carbonyl (C=O) groups is 3. The summed E-state index contributed by atoms with van der Waals surface area (Å²) in [5.41, 5.74) is 1.44. The summed E-state index contributed by atoms with van der Waals surface area (Å²) in [6.07, 6.45) is 0. The van der Waals surface area contributed by atoms with Crippen LogP contribution in [-0.4, -0.2) is 24.4 Å². The van der Waals surface area contributed by atoms with Crippen molar-refractivity contribution in [3.63, 3.8) is 0 Å². The van der Waals surface area contributed by atoms with Crippen molar-refractivity contribution in [3.05, 3.63) is 101 Å². The van der Waals surface area contributed by atoms with Crippen LogP contribution in [0.15, 0.2) is 84.9 Å². The highest BCUT2D eigenvalue weighted by atomic mass is 35.5. The minimum Gasteiger partial charge on any atom is -0.454 e. The lowest BCUT2D eigenvalue weighted by molar-refractivity contribution is -0.149. The van der Waals surface area contributed by atoms with Gasteiger partial charge in [0.05, 0.1) is 0 Å². The molecule has 0 spiro atoms. The minimum absolute atomic E-state index is 0.407. The third kappa shape index (κ3) is 5.93. The van der Waals surface area contributed by atoms with E-state index in [4.69, 9.17) is 16.3 Å². The number of nitrogens with one attached hydrogen (secondary N) is 2. The molecule has 0 fully saturated rings. The summed E-state index contributed by atoms with van der Waals surface area (Å²) in [5.74, 6) is -1.69. The standard InChI is InChI=1S/C23H19ClN2O4/c24-18-12-7-13-19(14-18)25-20(27)15-30-23(29)21(16-8-3-1-4-9-16)26-22(28)17-10-5-2-6-11-17/h1-14,21H,15H2,(H,25,27)(H,26,28). The normalized spacial score (nSPS) is 11.2. The van der Waals surface area contributed by atoms with Crippen LogP contribution in [0.2, 0.25) is 5.02 Å². The van der Waals surface area contributed by atoms with Crippen molar-refractivity contribution in [2.24, 2.45) is 0 Å². The molecular weight excluding hydrogens is 404 g/mol. The van der Waals surface area contributed by atoms with Gasteiger partial charge in [-0.15, -0.1) is 0 Å². The molecule has 3 aromatic carbocycles. The van der Waals surface area contributed by atoms with Gasteiger partial charge in [-0.2, -0.15) is 0 Å². The number of halogens is 1. The maximum absolute atomic E-state index is 12.7. The highest BCUT2D eigenvalue weighted by molar-refractivity contribution is 6.30. The average molecular weight is 423 g/mol. The maximum atomic E-state index is 12.7. The van der Waals surface area contributed by atoms with Crippen LogP contribution in [0, 0.1) is 0 Å². The molecule has 1 atom stereocenters. The van der Waals surface area contributed by atoms with E-state index in [0.717, 1.165) is 0 Å². The summed E-state index contributed by atoms with van der Waals surface area (Å²) < 4.78 is 5.16. The number of amides is 2. The average Bonchev–Trinajstić information content (AvgIpc) is 2.77. The van der Waals surface area contributed by atoms with Gasteiger partial charge in [0.2, 0.25) is 0 Å². The Morgan fingerprint density at radius 2 is 1.53 bits per heavy atom. The zero-order valence-electron chi connectivity index (χ0n) is 15.9. The van der Waals surface area contributed by atoms with Crippen LogP contribution in [0.4, 0.5) is 5.69 Å². The predicted molar refractivity (Wildman–Crippen MR) is 114 cm³/mol. The fourth-order valence-electron chi connectivity index (χ4n) is 2.71. The fourth-order valence-corrected chi connectivity index (χ4v) is 2.90. The van der Waals surface area contributed by atoms with E-state index in [1.807, 2.05) is 0 Å². The number of hydrogen-bond acceptors (Lipinski definition) is 4. The van der Waals surface area contributed by atoms with Crippen molar-refractivity contribution < 1.29 is 19.1 Å². The van der Waals surface area contributed by atoms with Crippen molar-refractivity contribution in [2.75, 3.05) is 11.9 Å². The zero-order chi connectivity index (χ0) is 21.3. The molecule has 3 aromatic rings. The molecule has 0 heterocycles. The van der Waals surface area contributed by atoms with Gasteiger partial charge in [0.25, 0.3) is 11.8 Å². The van der Waals surface area contributed by atoms with Crippen LogP contribution in [-0.2, 0) is 14.3 Å². The summed E-state index contributed by atoms with van der Waals surface area (Å²) in [7, 11) is 0. The Bertz CT molecular complexity index is 1030. The first-order chi connectivity index (χ1) is 14.5. The van der Waals surface area contributed by atoms with E-state index < -0.39 is 30.4 Å². The molecule has 2 N–H and O–H groups in total. The van der Waals surface area contributed by atoms with E-state index >= 15 is 0 Å². The summed E-state index contributed by atoms with van der Waals surface area (Å²) >= 11 is 5.89. The van der Waals surface area contributed by atoms with E-state index in [-0.39, 0.29) is 0 Å². The van der Waals surface area contributed by atoms with Crippen molar-refractivity contribution in [3.8, 4) is 0 Å². The number of carbonyl (C=O) groups excluding carboxylic acids is 3. The second-order valence-corrected chi connectivity index (χ2v) is 6.79. The quantitative estimate of drug-likeness (QED) is 0.564. The van der Waals surface area contributed by atoms with Gasteiger partial charge in [-0.1, -0.05) is 66.2 Å². The van der Waals surface area contributed by atoms with Crippen LogP contribution in [0.25, 0.3) is 0 Å². The molecule has 0 radical (unpaired) electrons. The highest BCUT2D eigenvalue weighted by Crippen LogP contribution is 2.17. The Morgan fingerprint density at radius 1 is 0.867 bits per heavy atom. The molecule has 0 aliphatic heterocycles. The topological polar surface area (TPSA) is 84.5 Å². The lowest BCUT2D eigenvalue weighted by Gasteiger charge is -2.18. The molecule has 0 saturated heterocycles. The summed E-state index contributed by atoms with van der Waals surface area (Å²) in [5, 5.41) is 5.73. The van der Waals surface area contributed by atoms with E-state index in [9.17, 15) is 14.4 Å². The molecule has 1 unspecified atom stereocenters. The molecule has 0 aromatic heterocycles. The number of benzene rings is 3. The monoisotopic (exact) mass is 422 g/mol. The van der Waals surface area contributed by atoms with Crippen LogP contribution < -0.4 is 10.6 Å². The van der Waals surface area contributed by atoms with Gasteiger partial charge in [-0.25, -0.2) is 4.79 Å². The van der Waals surface area contributed by atoms with Gasteiger partial charge in [0.15, 0.2) is 12.6 Å². The number of esters is 1. The number of rotatable bonds is 7. The molecule has 7 heteroatoms. The molecule has 0 aliphatic rings. The second kappa shape index (κ2) is 10.2. The maximum Gasteiger partial charge on any atom is 0.333 e. The SMILES string of the molecule is O=C(COC(=O)C(NC(=O)c1ccccc1)c1ccccc1)Nc1cccc(Cl)c1. The van der Waals surface area contributed by atoms with Gasteiger partial charge in [-0.05, 0) is 35.9 Å². The zero-order valence-corrected chi connectivity index (χ0v) is 16.6. The Morgan fingerprint density at radius 3 is 2.20 bits per heavy atom. The third-order valence-corrected chi connectivity index (χ3v) is 4.37. The molecule has 0 saturated carbocycles. The summed E-state index contributed by atoms with van der Waals surface area (Å²) in [6.45, 7) is -0.504. The molecule has 30 heavy (non-hydrogen) atoms. The third-order valence-electron chi connectivity index (χ3n) is 4.13. The van der Waals surface area contributed by atoms with Gasteiger partial charge in [0.1, 0.15) is 0 Å². The van der Waals surface area contributed by atoms with Gasteiger partial charge >= 0.3 is 5.97 Å². The first-order valence-corrected chi connectivity index (χ1v) is 9.53. The first kappa shape index (κ1) is 21.1. The van der Waals surface area contributed by atoms with Crippen molar-refractivity contribution >= 4 is 35.1 Å². The van der Waals surface area contributed by atoms with E-state index in [0.29, 0.717) is 21.8 Å². The summed E-state index contributed by atoms with van der Waals surface area (Å²) in [6, 6.07) is 22.8. The number of ether oxygens (including phenoxy) is 1. The Balaban J connectivity index is 1.66. The molecule has 2 amide bonds. The molecule has 0 aliphatic carbocycles. The first-order valence-electron chi connectivity index (χ1n) is 9.16. The second-order valence-electron chi connectivity index (χ2n) is 6.35. The largest absolute Gasteiger partial charge is 0.454 e. The number of hydrogen-bond donors (Lipinski definition) is 2. The smallest absolute Gasteiger partial charge is 0.333 e. The van der Waals surface area contributed by atoms with Gasteiger partial charge in [-0.3, -0.25) is 9.59 Å². The van der Waals surface area contributed by atoms with Crippen molar-refractivity contribution in [1.29, 1.82) is 0 Å². The number of anilines is 1. The molecule has 6 nitrogen and oxygen atoms in total. The van der Waals surface area contributed by atoms with Crippen LogP contribution >= 0.6 is 11.6 Å². The minimum atomic E-state index is -1.06. The summed E-state index contributed by atoms with van der Waals surface area (Å²) in [4.78, 5) is 37.3. The Hall–Kier alpha value is -3.64. The van der Waals surface area contributed by atoms with E-state index in [1.54, 1.807) is 84.9 Å². The molecule has 0 bridgehead atoms. The fraction of sp³-hybridized carbons (Fsp3) is 0.0870.